The van der Waals surface area contributed by atoms with Crippen LogP contribution in [0.25, 0.3) is 11.3 Å². The van der Waals surface area contributed by atoms with Gasteiger partial charge in [-0.2, -0.15) is 13.2 Å². The number of pyridine rings is 3. The molecule has 1 N–H and O–H groups in total. The van der Waals surface area contributed by atoms with Gasteiger partial charge in [-0.15, -0.1) is 0 Å². The molecule has 0 saturated carbocycles. The van der Waals surface area contributed by atoms with Crippen molar-refractivity contribution in [2.24, 2.45) is 0 Å². The van der Waals surface area contributed by atoms with E-state index in [9.17, 15) is 18.0 Å². The van der Waals surface area contributed by atoms with E-state index in [4.69, 9.17) is 4.74 Å². The summed E-state index contributed by atoms with van der Waals surface area (Å²) in [5.41, 5.74) is 1.99. The van der Waals surface area contributed by atoms with Crippen molar-refractivity contribution in [1.29, 1.82) is 0 Å². The Balaban J connectivity index is 1.63. The predicted octanol–water partition coefficient (Wildman–Crippen LogP) is 4.37. The monoisotopic (exact) mass is 428 g/mol. The van der Waals surface area contributed by atoms with Crippen molar-refractivity contribution in [2.75, 3.05) is 7.11 Å². The summed E-state index contributed by atoms with van der Waals surface area (Å²) in [5, 5.41) is 3.01. The number of halogens is 3. The fourth-order valence-electron chi connectivity index (χ4n) is 3.64. The van der Waals surface area contributed by atoms with Gasteiger partial charge in [0.1, 0.15) is 5.69 Å². The summed E-state index contributed by atoms with van der Waals surface area (Å²) in [5.74, 6) is 0.0570. The third-order valence-electron chi connectivity index (χ3n) is 5.19. The van der Waals surface area contributed by atoms with Crippen LogP contribution in [0.15, 0.2) is 48.9 Å². The summed E-state index contributed by atoms with van der Waals surface area (Å²) >= 11 is 0. The van der Waals surface area contributed by atoms with E-state index in [0.717, 1.165) is 36.2 Å². The van der Waals surface area contributed by atoms with Crippen LogP contribution in [0.3, 0.4) is 0 Å². The number of nitrogens with zero attached hydrogens (tertiary/aromatic N) is 3. The van der Waals surface area contributed by atoms with Crippen molar-refractivity contribution >= 4 is 5.91 Å². The first kappa shape index (κ1) is 20.8. The molecule has 0 aliphatic heterocycles. The normalized spacial score (nSPS) is 15.8. The molecule has 3 heterocycles. The van der Waals surface area contributed by atoms with Gasteiger partial charge in [0.15, 0.2) is 0 Å². The molecule has 31 heavy (non-hydrogen) atoms. The first-order valence-electron chi connectivity index (χ1n) is 9.68. The van der Waals surface area contributed by atoms with Gasteiger partial charge in [-0.3, -0.25) is 14.8 Å². The number of methoxy groups -OCH3 is 1. The number of alkyl halides is 3. The lowest BCUT2D eigenvalue weighted by molar-refractivity contribution is -0.141. The van der Waals surface area contributed by atoms with Crippen molar-refractivity contribution < 1.29 is 22.7 Å². The molecule has 4 rings (SSSR count). The van der Waals surface area contributed by atoms with Gasteiger partial charge < -0.3 is 10.1 Å². The van der Waals surface area contributed by atoms with Crippen molar-refractivity contribution in [3.05, 3.63) is 71.3 Å². The quantitative estimate of drug-likeness (QED) is 0.668. The van der Waals surface area contributed by atoms with Crippen LogP contribution in [0.1, 0.15) is 46.1 Å². The molecule has 6 nitrogen and oxygen atoms in total. The first-order valence-corrected chi connectivity index (χ1v) is 9.68. The number of nitrogens with one attached hydrogen (secondary N) is 1. The van der Waals surface area contributed by atoms with E-state index in [1.165, 1.54) is 19.4 Å². The van der Waals surface area contributed by atoms with E-state index in [2.05, 4.69) is 20.3 Å². The molecule has 9 heteroatoms. The smallest absolute Gasteiger partial charge is 0.433 e. The first-order chi connectivity index (χ1) is 14.8. The van der Waals surface area contributed by atoms with Crippen LogP contribution >= 0.6 is 0 Å². The maximum absolute atomic E-state index is 13.0. The van der Waals surface area contributed by atoms with Crippen LogP contribution in [0, 0.1) is 0 Å². The van der Waals surface area contributed by atoms with Gasteiger partial charge in [-0.1, -0.05) is 0 Å². The summed E-state index contributed by atoms with van der Waals surface area (Å²) in [6, 6.07) is 7.09. The molecule has 0 fully saturated rings. The largest absolute Gasteiger partial charge is 0.481 e. The summed E-state index contributed by atoms with van der Waals surface area (Å²) in [7, 11) is 1.47. The molecule has 0 aromatic carbocycles. The summed E-state index contributed by atoms with van der Waals surface area (Å²) < 4.78 is 44.2. The minimum Gasteiger partial charge on any atom is -0.481 e. The molecule has 3 aromatic rings. The van der Waals surface area contributed by atoms with E-state index < -0.39 is 11.9 Å². The molecule has 1 atom stereocenters. The second kappa shape index (κ2) is 8.33. The molecule has 0 spiro atoms. The molecule has 0 bridgehead atoms. The van der Waals surface area contributed by atoms with Crippen LogP contribution in [-0.4, -0.2) is 28.0 Å². The fourth-order valence-corrected chi connectivity index (χ4v) is 3.64. The van der Waals surface area contributed by atoms with E-state index in [1.807, 2.05) is 0 Å². The molecule has 0 saturated heterocycles. The van der Waals surface area contributed by atoms with Gasteiger partial charge >= 0.3 is 6.18 Å². The molecule has 1 unspecified atom stereocenters. The maximum atomic E-state index is 13.0. The third kappa shape index (κ3) is 4.50. The molecule has 1 aliphatic rings. The molecule has 1 amide bonds. The molecular formula is C22H19F3N4O2. The Morgan fingerprint density at radius 1 is 1.13 bits per heavy atom. The minimum absolute atomic E-state index is 0.277. The van der Waals surface area contributed by atoms with Crippen molar-refractivity contribution in [1.82, 2.24) is 20.3 Å². The maximum Gasteiger partial charge on any atom is 0.433 e. The highest BCUT2D eigenvalue weighted by atomic mass is 19.4. The van der Waals surface area contributed by atoms with Gasteiger partial charge in [0.05, 0.1) is 18.8 Å². The number of amides is 1. The number of carbonyl (C=O) groups is 1. The summed E-state index contributed by atoms with van der Waals surface area (Å²) in [4.78, 5) is 24.5. The molecule has 3 aromatic heterocycles. The van der Waals surface area contributed by atoms with Gasteiger partial charge in [-0.25, -0.2) is 4.98 Å². The zero-order valence-corrected chi connectivity index (χ0v) is 16.6. The number of aryl methyl sites for hydroxylation is 1. The van der Waals surface area contributed by atoms with E-state index >= 15 is 0 Å². The average Bonchev–Trinajstić information content (AvgIpc) is 2.78. The molecule has 0 radical (unpaired) electrons. The van der Waals surface area contributed by atoms with Crippen molar-refractivity contribution in [3.63, 3.8) is 0 Å². The Morgan fingerprint density at radius 3 is 2.71 bits per heavy atom. The fraction of sp³-hybridized carbons (Fsp3) is 0.273. The standard InChI is InChI=1S/C22H19F3N4O2/c1-31-20-10-14(6-8-27-20)21(30)29-17-4-2-3-15-12-28-18(11-16(15)17)13-5-7-26-19(9-13)22(23,24)25/h5-12,17H,2-4H2,1H3,(H,29,30). The Bertz CT molecular complexity index is 1120. The molecule has 1 aliphatic carbocycles. The topological polar surface area (TPSA) is 77.0 Å². The lowest BCUT2D eigenvalue weighted by Crippen LogP contribution is -2.31. The lowest BCUT2D eigenvalue weighted by Gasteiger charge is -2.27. The van der Waals surface area contributed by atoms with Gasteiger partial charge in [0.25, 0.3) is 5.91 Å². The Labute approximate surface area is 176 Å². The number of rotatable bonds is 4. The van der Waals surface area contributed by atoms with E-state index in [-0.39, 0.29) is 11.9 Å². The highest BCUT2D eigenvalue weighted by molar-refractivity contribution is 5.94. The lowest BCUT2D eigenvalue weighted by atomic mass is 9.87. The second-order valence-corrected chi connectivity index (χ2v) is 7.20. The number of ether oxygens (including phenoxy) is 1. The van der Waals surface area contributed by atoms with Gasteiger partial charge in [0, 0.05) is 35.8 Å². The van der Waals surface area contributed by atoms with Crippen LogP contribution in [0.4, 0.5) is 13.2 Å². The molecule has 160 valence electrons. The summed E-state index contributed by atoms with van der Waals surface area (Å²) in [6.07, 6.45) is 2.13. The predicted molar refractivity (Wildman–Crippen MR) is 106 cm³/mol. The zero-order chi connectivity index (χ0) is 22.0. The van der Waals surface area contributed by atoms with Gasteiger partial charge in [0.2, 0.25) is 5.88 Å². The number of carbonyl (C=O) groups excluding carboxylic acids is 1. The minimum atomic E-state index is -4.54. The Morgan fingerprint density at radius 2 is 1.94 bits per heavy atom. The Hall–Kier alpha value is -3.49. The number of aromatic nitrogens is 3. The molecular weight excluding hydrogens is 409 g/mol. The average molecular weight is 428 g/mol. The highest BCUT2D eigenvalue weighted by Gasteiger charge is 2.32. The third-order valence-corrected chi connectivity index (χ3v) is 5.19. The SMILES string of the molecule is COc1cc(C(=O)NC2CCCc3cnc(-c4ccnc(C(F)(F)F)c4)cc32)ccn1. The number of fused-ring (bicyclic) bond motifs is 1. The Kier molecular flexibility index (Phi) is 5.58. The van der Waals surface area contributed by atoms with Crippen LogP contribution in [-0.2, 0) is 12.6 Å². The highest BCUT2D eigenvalue weighted by Crippen LogP contribution is 2.34. The summed E-state index contributed by atoms with van der Waals surface area (Å²) in [6.45, 7) is 0. The van der Waals surface area contributed by atoms with Gasteiger partial charge in [-0.05, 0) is 54.7 Å². The number of hydrogen-bond donors (Lipinski definition) is 1. The van der Waals surface area contributed by atoms with E-state index in [1.54, 1.807) is 24.4 Å². The van der Waals surface area contributed by atoms with Crippen LogP contribution in [0.2, 0.25) is 0 Å². The zero-order valence-electron chi connectivity index (χ0n) is 16.6. The van der Waals surface area contributed by atoms with Crippen molar-refractivity contribution in [3.8, 4) is 17.1 Å². The number of hydrogen-bond acceptors (Lipinski definition) is 5. The van der Waals surface area contributed by atoms with Crippen LogP contribution in [0.5, 0.6) is 5.88 Å². The van der Waals surface area contributed by atoms with E-state index in [0.29, 0.717) is 29.1 Å². The van der Waals surface area contributed by atoms with Crippen molar-refractivity contribution in [2.45, 2.75) is 31.5 Å². The van der Waals surface area contributed by atoms with Crippen LogP contribution < -0.4 is 10.1 Å². The second-order valence-electron chi connectivity index (χ2n) is 7.20.